The maximum absolute atomic E-state index is 11.2. The van der Waals surface area contributed by atoms with Crippen LogP contribution in [0.15, 0.2) is 42.7 Å². The van der Waals surface area contributed by atoms with Crippen molar-refractivity contribution in [2.75, 3.05) is 12.6 Å². The highest BCUT2D eigenvalue weighted by Gasteiger charge is 2.30. The zero-order valence-electron chi connectivity index (χ0n) is 21.1. The van der Waals surface area contributed by atoms with E-state index in [-0.39, 0.29) is 20.8 Å². The molecule has 1 aliphatic carbocycles. The number of hydrogen-bond donors (Lipinski definition) is 6. The van der Waals surface area contributed by atoms with Crippen molar-refractivity contribution in [2.45, 2.75) is 66.0 Å². The molecule has 1 aliphatic rings. The maximum Gasteiger partial charge on any atom is 0.217 e. The van der Waals surface area contributed by atoms with Crippen molar-refractivity contribution in [3.63, 3.8) is 0 Å². The number of nitrogens with zero attached hydrogens (tertiary/aromatic N) is 2. The first-order valence-electron chi connectivity index (χ1n) is 11.7. The maximum atomic E-state index is 11.2. The van der Waals surface area contributed by atoms with Gasteiger partial charge in [0, 0.05) is 35.2 Å². The summed E-state index contributed by atoms with van der Waals surface area (Å²) in [7, 11) is 1.00. The molecule has 1 fully saturated rings. The van der Waals surface area contributed by atoms with Crippen LogP contribution in [0.25, 0.3) is 11.2 Å². The molecule has 1 amide bonds. The average molecular weight is 477 g/mol. The van der Waals surface area contributed by atoms with Crippen molar-refractivity contribution in [3.8, 4) is 0 Å². The molecule has 0 saturated heterocycles. The summed E-state index contributed by atoms with van der Waals surface area (Å²) in [6.45, 7) is 9.70. The minimum absolute atomic E-state index is 0. The fourth-order valence-corrected chi connectivity index (χ4v) is 4.21. The number of amides is 1. The molecule has 2 aromatic heterocycles. The lowest BCUT2D eigenvalue weighted by Gasteiger charge is -2.23. The van der Waals surface area contributed by atoms with Gasteiger partial charge in [-0.3, -0.25) is 20.9 Å². The molecule has 1 unspecified atom stereocenters. The Bertz CT molecular complexity index is 1070. The second-order valence-corrected chi connectivity index (χ2v) is 7.92. The monoisotopic (exact) mass is 476 g/mol. The molecule has 0 spiro atoms. The number of benzene rings is 1. The van der Waals surface area contributed by atoms with Gasteiger partial charge in [0.15, 0.2) is 5.65 Å². The number of fused-ring (bicyclic) bond motifs is 1. The molecule has 3 aromatic rings. The lowest BCUT2D eigenvalue weighted by molar-refractivity contribution is -0.119. The molecule has 0 aliphatic heterocycles. The van der Waals surface area contributed by atoms with E-state index in [9.17, 15) is 4.79 Å². The van der Waals surface area contributed by atoms with E-state index in [4.69, 9.17) is 15.7 Å². The summed E-state index contributed by atoms with van der Waals surface area (Å²) in [5.74, 6) is 0.510. The quantitative estimate of drug-likeness (QED) is 0.305. The number of aromatic amines is 1. The van der Waals surface area contributed by atoms with Gasteiger partial charge < -0.3 is 20.0 Å². The van der Waals surface area contributed by atoms with Gasteiger partial charge in [-0.2, -0.15) is 0 Å². The number of carbonyl (C=O) groups excluding carboxylic acids is 1. The Labute approximate surface area is 204 Å². The molecule has 0 bridgehead atoms. The van der Waals surface area contributed by atoms with E-state index in [1.165, 1.54) is 0 Å². The van der Waals surface area contributed by atoms with Gasteiger partial charge in [0.25, 0.3) is 0 Å². The van der Waals surface area contributed by atoms with Gasteiger partial charge in [0.1, 0.15) is 5.49 Å². The minimum atomic E-state index is 0. The summed E-state index contributed by atoms with van der Waals surface area (Å²) in [4.78, 5) is 18.5. The van der Waals surface area contributed by atoms with Gasteiger partial charge >= 0.3 is 0 Å². The molecule has 192 valence electrons. The van der Waals surface area contributed by atoms with Crippen LogP contribution in [-0.4, -0.2) is 43.9 Å². The van der Waals surface area contributed by atoms with Gasteiger partial charge in [-0.05, 0) is 62.8 Å². The van der Waals surface area contributed by atoms with Gasteiger partial charge in [-0.1, -0.05) is 26.0 Å². The molecule has 9 nitrogen and oxygen atoms in total. The van der Waals surface area contributed by atoms with Crippen LogP contribution in [0.1, 0.15) is 61.4 Å². The fraction of sp³-hybridized carbons (Fsp3) is 0.480. The molecule has 9 heteroatoms. The first kappa shape index (κ1) is 28.9. The average Bonchev–Trinajstić information content (AvgIpc) is 3.51. The number of nitrogens with one attached hydrogen (secondary N) is 4. The second kappa shape index (κ2) is 14.9. The van der Waals surface area contributed by atoms with Gasteiger partial charge in [0.05, 0.1) is 17.4 Å². The van der Waals surface area contributed by atoms with E-state index in [0.29, 0.717) is 11.4 Å². The zero-order valence-corrected chi connectivity index (χ0v) is 21.1. The highest BCUT2D eigenvalue weighted by Crippen LogP contribution is 2.34. The molecule has 3 atom stereocenters. The van der Waals surface area contributed by atoms with Crippen molar-refractivity contribution in [1.29, 1.82) is 5.41 Å². The van der Waals surface area contributed by atoms with Crippen LogP contribution < -0.4 is 16.3 Å². The first-order chi connectivity index (χ1) is 16.4. The number of aromatic nitrogens is 3. The van der Waals surface area contributed by atoms with E-state index >= 15 is 0 Å². The largest absolute Gasteiger partial charge is 0.400 e. The molecule has 0 radical (unpaired) electrons. The predicted molar refractivity (Wildman–Crippen MR) is 140 cm³/mol. The predicted octanol–water partition coefficient (Wildman–Crippen LogP) is 4.63. The van der Waals surface area contributed by atoms with Crippen LogP contribution in [0.5, 0.6) is 0 Å². The molecule has 4 rings (SSSR count). The highest BCUT2D eigenvalue weighted by molar-refractivity contribution is 5.73. The number of H-pyrrole nitrogens is 1. The number of aliphatic hydroxyl groups is 1. The van der Waals surface area contributed by atoms with Crippen LogP contribution in [-0.2, 0) is 4.79 Å². The van der Waals surface area contributed by atoms with Crippen LogP contribution in [0, 0.1) is 18.3 Å². The Morgan fingerprint density at radius 2 is 2.00 bits per heavy atom. The van der Waals surface area contributed by atoms with Gasteiger partial charge in [-0.15, -0.1) is 0 Å². The Balaban J connectivity index is 0. The van der Waals surface area contributed by atoms with E-state index in [1.54, 1.807) is 19.2 Å². The summed E-state index contributed by atoms with van der Waals surface area (Å²) >= 11 is 0. The summed E-state index contributed by atoms with van der Waals surface area (Å²) in [5.41, 5.74) is 6.15. The number of carbonyl (C=O) groups is 1. The van der Waals surface area contributed by atoms with Crippen LogP contribution in [0.3, 0.4) is 0 Å². The minimum Gasteiger partial charge on any atom is -0.400 e. The molecular formula is C25H44N6O3. The van der Waals surface area contributed by atoms with Crippen molar-refractivity contribution in [1.82, 2.24) is 19.9 Å². The third-order valence-corrected chi connectivity index (χ3v) is 5.66. The Morgan fingerprint density at radius 3 is 2.59 bits per heavy atom. The number of hydrogen-bond acceptors (Lipinski definition) is 6. The smallest absolute Gasteiger partial charge is 0.217 e. The first-order valence-corrected chi connectivity index (χ1v) is 11.7. The van der Waals surface area contributed by atoms with E-state index < -0.39 is 0 Å². The van der Waals surface area contributed by atoms with E-state index in [2.05, 4.69) is 27.7 Å². The number of anilines is 1. The fourth-order valence-electron chi connectivity index (χ4n) is 4.21. The normalized spacial score (nSPS) is 17.2. The lowest BCUT2D eigenvalue weighted by Crippen LogP contribution is -2.32. The van der Waals surface area contributed by atoms with Gasteiger partial charge in [-0.25, -0.2) is 4.98 Å². The number of aryl methyl sites for hydroxylation is 1. The van der Waals surface area contributed by atoms with Crippen molar-refractivity contribution >= 4 is 22.8 Å². The second-order valence-electron chi connectivity index (χ2n) is 7.92. The zero-order chi connectivity index (χ0) is 25.7. The van der Waals surface area contributed by atoms with Crippen molar-refractivity contribution in [2.24, 2.45) is 5.92 Å². The lowest BCUT2D eigenvalue weighted by atomic mass is 9.99. The van der Waals surface area contributed by atoms with Crippen LogP contribution in [0.4, 0.5) is 5.69 Å². The van der Waals surface area contributed by atoms with Crippen molar-refractivity contribution in [3.05, 3.63) is 53.8 Å². The van der Waals surface area contributed by atoms with Crippen LogP contribution in [0.2, 0.25) is 0 Å². The topological polar surface area (TPSA) is 139 Å². The molecule has 1 saturated carbocycles. The molecule has 34 heavy (non-hydrogen) atoms. The number of aliphatic hydroxyl groups excluding tert-OH is 1. The Hall–Kier alpha value is -3.17. The third kappa shape index (κ3) is 8.00. The molecule has 6 N–H and O–H groups in total. The Kier molecular flexibility index (Phi) is 12.6. The third-order valence-electron chi connectivity index (χ3n) is 5.66. The number of rotatable bonds is 4. The van der Waals surface area contributed by atoms with Crippen LogP contribution >= 0.6 is 0 Å². The van der Waals surface area contributed by atoms with Gasteiger partial charge in [0.2, 0.25) is 5.91 Å². The summed E-state index contributed by atoms with van der Waals surface area (Å²) in [5, 5.41) is 26.6. The molecular weight excluding hydrogens is 432 g/mol. The SMILES string of the molecule is CC.CC(=O)N[C@H]1CC[C@@H](C(C)n2c(=N)cnc3[nH]ccc32)C1.CO.Cc1cccc(NO)c1.[HH].[HH]. The molecule has 1 aromatic carbocycles. The molecule has 2 heterocycles. The standard InChI is InChI=1S/C15H21N5O.C7H9NO.C2H6.CH4O.2H2/c1-9(11-3-4-12(7-11)19-10(2)21)20-13-5-6-17-15(13)18-8-14(20)16;1-6-3-2-4-7(5-6)8-9;2*1-2;;/h5-6,8-9,11-12,16-17H,3-4,7H2,1-2H3,(H,19,21);2-5,8-9H,1H3;1-2H3;2H,1H3;2*1H/t9?,11-,12+;;;;;/m1...../s1. The summed E-state index contributed by atoms with van der Waals surface area (Å²) in [6, 6.07) is 9.98. The Morgan fingerprint density at radius 1 is 1.29 bits per heavy atom. The summed E-state index contributed by atoms with van der Waals surface area (Å²) < 4.78 is 2.04. The van der Waals surface area contributed by atoms with E-state index in [1.807, 2.05) is 55.8 Å². The van der Waals surface area contributed by atoms with Crippen molar-refractivity contribution < 1.29 is 18.0 Å². The summed E-state index contributed by atoms with van der Waals surface area (Å²) in [6.07, 6.45) is 6.52. The van der Waals surface area contributed by atoms with E-state index in [0.717, 1.165) is 48.8 Å². The highest BCUT2D eigenvalue weighted by atomic mass is 16.5.